The molecule has 1 fully saturated rings. The van der Waals surface area contributed by atoms with Gasteiger partial charge >= 0.3 is 11.8 Å². The number of hydrogen-bond donors (Lipinski definition) is 2. The van der Waals surface area contributed by atoms with Crippen molar-refractivity contribution in [1.29, 1.82) is 0 Å². The van der Waals surface area contributed by atoms with Gasteiger partial charge in [-0.25, -0.2) is 4.39 Å². The summed E-state index contributed by atoms with van der Waals surface area (Å²) in [6.45, 7) is 3.97. The van der Waals surface area contributed by atoms with Crippen molar-refractivity contribution in [2.24, 2.45) is 0 Å². The second kappa shape index (κ2) is 9.32. The van der Waals surface area contributed by atoms with Crippen LogP contribution in [0.25, 0.3) is 0 Å². The predicted molar refractivity (Wildman–Crippen MR) is 112 cm³/mol. The Morgan fingerprint density at radius 1 is 1.00 bits per heavy atom. The third-order valence-corrected chi connectivity index (χ3v) is 5.52. The van der Waals surface area contributed by atoms with Crippen LogP contribution in [0.15, 0.2) is 42.5 Å². The summed E-state index contributed by atoms with van der Waals surface area (Å²) in [5.74, 6) is -0.583. The van der Waals surface area contributed by atoms with Crippen LogP contribution in [-0.4, -0.2) is 68.2 Å². The number of benzene rings is 2. The van der Waals surface area contributed by atoms with Gasteiger partial charge in [0.05, 0.1) is 6.04 Å². The average molecular weight is 428 g/mol. The van der Waals surface area contributed by atoms with Gasteiger partial charge in [0.2, 0.25) is 6.79 Å². The number of piperazine rings is 1. The molecule has 0 unspecified atom stereocenters. The zero-order valence-electron chi connectivity index (χ0n) is 17.3. The van der Waals surface area contributed by atoms with Gasteiger partial charge in [-0.1, -0.05) is 6.07 Å². The fourth-order valence-corrected chi connectivity index (χ4v) is 3.70. The van der Waals surface area contributed by atoms with Crippen molar-refractivity contribution in [2.45, 2.75) is 6.04 Å². The van der Waals surface area contributed by atoms with Crippen LogP contribution in [0.3, 0.4) is 0 Å². The Balaban J connectivity index is 1.43. The van der Waals surface area contributed by atoms with Crippen molar-refractivity contribution in [3.05, 3.63) is 53.8 Å². The summed E-state index contributed by atoms with van der Waals surface area (Å²) in [6, 6.07) is 10.9. The summed E-state index contributed by atoms with van der Waals surface area (Å²) in [5.41, 5.74) is 1.33. The van der Waals surface area contributed by atoms with Gasteiger partial charge in [0.1, 0.15) is 5.82 Å². The van der Waals surface area contributed by atoms with E-state index in [2.05, 4.69) is 27.5 Å². The lowest BCUT2D eigenvalue weighted by molar-refractivity contribution is -0.136. The second-order valence-electron chi connectivity index (χ2n) is 7.64. The molecule has 2 N–H and O–H groups in total. The van der Waals surface area contributed by atoms with Gasteiger partial charge in [-0.05, 0) is 49.0 Å². The fourth-order valence-electron chi connectivity index (χ4n) is 3.70. The zero-order valence-corrected chi connectivity index (χ0v) is 17.3. The molecule has 0 aromatic heterocycles. The quantitative estimate of drug-likeness (QED) is 0.704. The molecule has 31 heavy (non-hydrogen) atoms. The maximum absolute atomic E-state index is 13.0. The maximum atomic E-state index is 13.0. The van der Waals surface area contributed by atoms with Gasteiger partial charge in [0.25, 0.3) is 0 Å². The molecule has 0 aliphatic carbocycles. The lowest BCUT2D eigenvalue weighted by Crippen LogP contribution is -2.49. The first-order valence-corrected chi connectivity index (χ1v) is 10.2. The van der Waals surface area contributed by atoms with Crippen molar-refractivity contribution in [1.82, 2.24) is 15.1 Å². The lowest BCUT2D eigenvalue weighted by atomic mass is 10.0. The number of nitrogens with zero attached hydrogens (tertiary/aromatic N) is 2. The van der Waals surface area contributed by atoms with Crippen LogP contribution in [0, 0.1) is 5.82 Å². The SMILES string of the molecule is CN1CCN([C@@H](CNC(=O)C(=O)Nc2ccc(F)cc2)c2ccc3c(c2)OCO3)CC1. The average Bonchev–Trinajstić information content (AvgIpc) is 3.24. The number of rotatable bonds is 5. The molecule has 0 spiro atoms. The zero-order chi connectivity index (χ0) is 21.8. The molecular formula is C22H25FN4O4. The summed E-state index contributed by atoms with van der Waals surface area (Å²) in [7, 11) is 2.08. The number of ether oxygens (including phenoxy) is 2. The molecule has 2 aliphatic heterocycles. The summed E-state index contributed by atoms with van der Waals surface area (Å²) in [6.07, 6.45) is 0. The molecule has 1 atom stereocenters. The largest absolute Gasteiger partial charge is 0.454 e. The number of amides is 2. The molecule has 9 heteroatoms. The van der Waals surface area contributed by atoms with E-state index >= 15 is 0 Å². The van der Waals surface area contributed by atoms with Crippen LogP contribution in [0.1, 0.15) is 11.6 Å². The minimum atomic E-state index is -0.797. The lowest BCUT2D eigenvalue weighted by Gasteiger charge is -2.38. The molecule has 8 nitrogen and oxygen atoms in total. The van der Waals surface area contributed by atoms with E-state index in [1.807, 2.05) is 18.2 Å². The summed E-state index contributed by atoms with van der Waals surface area (Å²) in [4.78, 5) is 29.2. The van der Waals surface area contributed by atoms with E-state index in [0.29, 0.717) is 17.2 Å². The number of nitrogens with one attached hydrogen (secondary N) is 2. The van der Waals surface area contributed by atoms with Crippen LogP contribution in [0.5, 0.6) is 11.5 Å². The van der Waals surface area contributed by atoms with Gasteiger partial charge in [0, 0.05) is 38.4 Å². The number of anilines is 1. The summed E-state index contributed by atoms with van der Waals surface area (Å²) < 4.78 is 23.9. The second-order valence-corrected chi connectivity index (χ2v) is 7.64. The predicted octanol–water partition coefficient (Wildman–Crippen LogP) is 1.60. The first-order chi connectivity index (χ1) is 15.0. The van der Waals surface area contributed by atoms with Crippen LogP contribution >= 0.6 is 0 Å². The molecule has 0 radical (unpaired) electrons. The third-order valence-electron chi connectivity index (χ3n) is 5.52. The third kappa shape index (κ3) is 5.12. The number of hydrogen-bond acceptors (Lipinski definition) is 6. The topological polar surface area (TPSA) is 83.1 Å². The molecule has 4 rings (SSSR count). The molecule has 2 heterocycles. The van der Waals surface area contributed by atoms with E-state index in [4.69, 9.17) is 9.47 Å². The smallest absolute Gasteiger partial charge is 0.313 e. The normalized spacial score (nSPS) is 17.2. The molecule has 164 valence electrons. The van der Waals surface area contributed by atoms with E-state index < -0.39 is 17.6 Å². The monoisotopic (exact) mass is 428 g/mol. The maximum Gasteiger partial charge on any atom is 0.313 e. The Morgan fingerprint density at radius 2 is 1.71 bits per heavy atom. The molecule has 1 saturated heterocycles. The van der Waals surface area contributed by atoms with Gasteiger partial charge < -0.3 is 25.0 Å². The van der Waals surface area contributed by atoms with Crippen LogP contribution in [0.2, 0.25) is 0 Å². The Morgan fingerprint density at radius 3 is 2.45 bits per heavy atom. The van der Waals surface area contributed by atoms with Gasteiger partial charge in [-0.2, -0.15) is 0 Å². The van der Waals surface area contributed by atoms with Crippen molar-refractivity contribution < 1.29 is 23.5 Å². The fraction of sp³-hybridized carbons (Fsp3) is 0.364. The highest BCUT2D eigenvalue weighted by Crippen LogP contribution is 2.35. The van der Waals surface area contributed by atoms with E-state index in [1.165, 1.54) is 24.3 Å². The molecule has 2 aromatic carbocycles. The highest BCUT2D eigenvalue weighted by molar-refractivity contribution is 6.39. The molecular weight excluding hydrogens is 403 g/mol. The highest BCUT2D eigenvalue weighted by Gasteiger charge is 2.27. The van der Waals surface area contributed by atoms with Crippen LogP contribution in [0.4, 0.5) is 10.1 Å². The highest BCUT2D eigenvalue weighted by atomic mass is 19.1. The first kappa shape index (κ1) is 21.1. The minimum absolute atomic E-state index is 0.120. The summed E-state index contributed by atoms with van der Waals surface area (Å²) >= 11 is 0. The van der Waals surface area contributed by atoms with Crippen molar-refractivity contribution in [3.63, 3.8) is 0 Å². The van der Waals surface area contributed by atoms with E-state index in [9.17, 15) is 14.0 Å². The van der Waals surface area contributed by atoms with Gasteiger partial charge in [-0.3, -0.25) is 14.5 Å². The van der Waals surface area contributed by atoms with E-state index in [1.54, 1.807) is 0 Å². The molecule has 2 aliphatic rings. The van der Waals surface area contributed by atoms with E-state index in [-0.39, 0.29) is 19.4 Å². The Bertz CT molecular complexity index is 945. The van der Waals surface area contributed by atoms with Crippen molar-refractivity contribution >= 4 is 17.5 Å². The van der Waals surface area contributed by atoms with Crippen LogP contribution < -0.4 is 20.1 Å². The van der Waals surface area contributed by atoms with Crippen LogP contribution in [-0.2, 0) is 9.59 Å². The van der Waals surface area contributed by atoms with Crippen molar-refractivity contribution in [2.75, 3.05) is 51.9 Å². The number of carbonyl (C=O) groups is 2. The van der Waals surface area contributed by atoms with Crippen molar-refractivity contribution in [3.8, 4) is 11.5 Å². The Labute approximate surface area is 179 Å². The summed E-state index contributed by atoms with van der Waals surface area (Å²) in [5, 5.41) is 5.21. The standard InChI is InChI=1S/C22H25FN4O4/c1-26-8-10-27(11-9-26)18(15-2-7-19-20(12-15)31-14-30-19)13-24-21(28)22(29)25-17-5-3-16(23)4-6-17/h2-7,12,18H,8-11,13-14H2,1H3,(H,24,28)(H,25,29)/t18-/m0/s1. The molecule has 0 bridgehead atoms. The van der Waals surface area contributed by atoms with Gasteiger partial charge in [-0.15, -0.1) is 0 Å². The molecule has 2 amide bonds. The molecule has 2 aromatic rings. The molecule has 0 saturated carbocycles. The minimum Gasteiger partial charge on any atom is -0.454 e. The Hall–Kier alpha value is -3.17. The number of likely N-dealkylation sites (N-methyl/N-ethyl adjacent to an activating group) is 1. The number of carbonyl (C=O) groups excluding carboxylic acids is 2. The van der Waals surface area contributed by atoms with Gasteiger partial charge in [0.15, 0.2) is 11.5 Å². The Kier molecular flexibility index (Phi) is 6.34. The first-order valence-electron chi connectivity index (χ1n) is 10.2. The number of halogens is 1. The van der Waals surface area contributed by atoms with E-state index in [0.717, 1.165) is 31.7 Å². The number of fused-ring (bicyclic) bond motifs is 1.